The fourth-order valence-corrected chi connectivity index (χ4v) is 1.64. The van der Waals surface area contributed by atoms with E-state index in [1.165, 1.54) is 12.8 Å². The van der Waals surface area contributed by atoms with Crippen LogP contribution in [0.2, 0.25) is 0 Å². The van der Waals surface area contributed by atoms with Crippen LogP contribution in [0.25, 0.3) is 0 Å². The highest BCUT2D eigenvalue weighted by Gasteiger charge is 2.27. The molecule has 0 aromatic carbocycles. The van der Waals surface area contributed by atoms with Gasteiger partial charge in [0.15, 0.2) is 0 Å². The van der Waals surface area contributed by atoms with Crippen LogP contribution in [-0.2, 0) is 0 Å². The van der Waals surface area contributed by atoms with Crippen LogP contribution < -0.4 is 15.8 Å². The minimum absolute atomic E-state index is 0.478. The molecular weight excluding hydrogens is 190 g/mol. The fraction of sp³-hybridized carbons (Fsp3) is 0.545. The SMILES string of the molecule is COc1nc(NC(C)C2CC2)ccc1N. The zero-order valence-corrected chi connectivity index (χ0v) is 9.16. The van der Waals surface area contributed by atoms with Gasteiger partial charge in [-0.15, -0.1) is 0 Å². The van der Waals surface area contributed by atoms with Crippen molar-refractivity contribution in [3.05, 3.63) is 12.1 Å². The Morgan fingerprint density at radius 1 is 1.53 bits per heavy atom. The zero-order chi connectivity index (χ0) is 10.8. The molecule has 0 amide bonds. The Hall–Kier alpha value is -1.45. The number of hydrogen-bond donors (Lipinski definition) is 2. The highest BCUT2D eigenvalue weighted by atomic mass is 16.5. The van der Waals surface area contributed by atoms with E-state index < -0.39 is 0 Å². The molecule has 3 N–H and O–H groups in total. The summed E-state index contributed by atoms with van der Waals surface area (Å²) in [5.41, 5.74) is 6.26. The van der Waals surface area contributed by atoms with Gasteiger partial charge in [-0.2, -0.15) is 4.98 Å². The Morgan fingerprint density at radius 3 is 2.87 bits per heavy atom. The van der Waals surface area contributed by atoms with E-state index >= 15 is 0 Å². The summed E-state index contributed by atoms with van der Waals surface area (Å²) in [7, 11) is 1.58. The van der Waals surface area contributed by atoms with Crippen LogP contribution >= 0.6 is 0 Å². The van der Waals surface area contributed by atoms with E-state index in [9.17, 15) is 0 Å². The van der Waals surface area contributed by atoms with Crippen molar-refractivity contribution in [2.24, 2.45) is 5.92 Å². The van der Waals surface area contributed by atoms with Gasteiger partial charge in [-0.1, -0.05) is 0 Å². The maximum Gasteiger partial charge on any atom is 0.238 e. The van der Waals surface area contributed by atoms with Crippen molar-refractivity contribution in [2.75, 3.05) is 18.2 Å². The fourth-order valence-electron chi connectivity index (χ4n) is 1.64. The molecule has 1 heterocycles. The first-order chi connectivity index (χ1) is 7.20. The van der Waals surface area contributed by atoms with Gasteiger partial charge in [0.25, 0.3) is 0 Å². The van der Waals surface area contributed by atoms with Gasteiger partial charge in [0.2, 0.25) is 5.88 Å². The zero-order valence-electron chi connectivity index (χ0n) is 9.16. The molecule has 0 saturated heterocycles. The molecule has 0 bridgehead atoms. The number of ether oxygens (including phenoxy) is 1. The summed E-state index contributed by atoms with van der Waals surface area (Å²) in [6.07, 6.45) is 2.64. The number of nitrogens with two attached hydrogens (primary N) is 1. The molecule has 0 radical (unpaired) electrons. The van der Waals surface area contributed by atoms with E-state index in [1.807, 2.05) is 12.1 Å². The van der Waals surface area contributed by atoms with Crippen LogP contribution in [0.1, 0.15) is 19.8 Å². The van der Waals surface area contributed by atoms with Gasteiger partial charge in [-0.25, -0.2) is 0 Å². The van der Waals surface area contributed by atoms with Gasteiger partial charge in [-0.05, 0) is 37.8 Å². The van der Waals surface area contributed by atoms with Crippen molar-refractivity contribution in [1.82, 2.24) is 4.98 Å². The minimum atomic E-state index is 0.478. The normalized spacial score (nSPS) is 17.2. The molecule has 1 aromatic rings. The summed E-state index contributed by atoms with van der Waals surface area (Å²) in [6.45, 7) is 2.18. The Balaban J connectivity index is 2.07. The average molecular weight is 207 g/mol. The monoisotopic (exact) mass is 207 g/mol. The van der Waals surface area contributed by atoms with Crippen molar-refractivity contribution in [3.8, 4) is 5.88 Å². The van der Waals surface area contributed by atoms with Gasteiger partial charge in [0.1, 0.15) is 5.82 Å². The minimum Gasteiger partial charge on any atom is -0.479 e. The molecule has 1 unspecified atom stereocenters. The first-order valence-electron chi connectivity index (χ1n) is 5.27. The summed E-state index contributed by atoms with van der Waals surface area (Å²) in [6, 6.07) is 4.18. The second-order valence-electron chi connectivity index (χ2n) is 4.07. The highest BCUT2D eigenvalue weighted by molar-refractivity contribution is 5.53. The molecule has 15 heavy (non-hydrogen) atoms. The lowest BCUT2D eigenvalue weighted by Crippen LogP contribution is -2.18. The van der Waals surface area contributed by atoms with E-state index in [1.54, 1.807) is 7.11 Å². The third-order valence-corrected chi connectivity index (χ3v) is 2.79. The van der Waals surface area contributed by atoms with E-state index in [-0.39, 0.29) is 0 Å². The van der Waals surface area contributed by atoms with Gasteiger partial charge in [-0.3, -0.25) is 0 Å². The Labute approximate surface area is 89.8 Å². The van der Waals surface area contributed by atoms with E-state index in [4.69, 9.17) is 10.5 Å². The van der Waals surface area contributed by atoms with Gasteiger partial charge < -0.3 is 15.8 Å². The number of pyridine rings is 1. The third-order valence-electron chi connectivity index (χ3n) is 2.79. The van der Waals surface area contributed by atoms with Gasteiger partial charge >= 0.3 is 0 Å². The third kappa shape index (κ3) is 2.32. The maximum atomic E-state index is 5.69. The smallest absolute Gasteiger partial charge is 0.238 e. The maximum absolute atomic E-state index is 5.69. The molecule has 1 aliphatic rings. The molecule has 0 spiro atoms. The molecule has 1 aliphatic carbocycles. The van der Waals surface area contributed by atoms with Crippen LogP contribution in [0.5, 0.6) is 5.88 Å². The largest absolute Gasteiger partial charge is 0.479 e. The molecule has 0 aliphatic heterocycles. The second kappa shape index (κ2) is 3.96. The number of methoxy groups -OCH3 is 1. The van der Waals surface area contributed by atoms with Crippen LogP contribution in [-0.4, -0.2) is 18.1 Å². The molecule has 82 valence electrons. The van der Waals surface area contributed by atoms with E-state index in [2.05, 4.69) is 17.2 Å². The summed E-state index contributed by atoms with van der Waals surface area (Å²) in [4.78, 5) is 4.28. The predicted octanol–water partition coefficient (Wildman–Crippen LogP) is 1.88. The van der Waals surface area contributed by atoms with Gasteiger partial charge in [0.05, 0.1) is 12.8 Å². The van der Waals surface area contributed by atoms with Crippen LogP contribution in [0.4, 0.5) is 11.5 Å². The molecule has 1 saturated carbocycles. The lowest BCUT2D eigenvalue weighted by atomic mass is 10.2. The molecule has 2 rings (SSSR count). The predicted molar refractivity (Wildman–Crippen MR) is 61.0 cm³/mol. The summed E-state index contributed by atoms with van der Waals surface area (Å²) >= 11 is 0. The standard InChI is InChI=1S/C11H17N3O/c1-7(8-3-4-8)13-10-6-5-9(12)11(14-10)15-2/h5-8H,3-4,12H2,1-2H3,(H,13,14). The van der Waals surface area contributed by atoms with Crippen molar-refractivity contribution >= 4 is 11.5 Å². The number of hydrogen-bond acceptors (Lipinski definition) is 4. The number of anilines is 2. The number of nitrogen functional groups attached to an aromatic ring is 1. The molecule has 4 heteroatoms. The van der Waals surface area contributed by atoms with E-state index in [0.717, 1.165) is 11.7 Å². The van der Waals surface area contributed by atoms with E-state index in [0.29, 0.717) is 17.6 Å². The Bertz CT molecular complexity index is 350. The number of nitrogens with one attached hydrogen (secondary N) is 1. The van der Waals surface area contributed by atoms with Gasteiger partial charge in [0, 0.05) is 6.04 Å². The quantitative estimate of drug-likeness (QED) is 0.791. The van der Waals surface area contributed by atoms with Crippen molar-refractivity contribution < 1.29 is 4.74 Å². The molecule has 4 nitrogen and oxygen atoms in total. The van der Waals surface area contributed by atoms with Crippen molar-refractivity contribution in [2.45, 2.75) is 25.8 Å². The summed E-state index contributed by atoms with van der Waals surface area (Å²) in [5.74, 6) is 2.12. The summed E-state index contributed by atoms with van der Waals surface area (Å²) in [5, 5.41) is 3.36. The molecular formula is C11H17N3O. The molecule has 1 atom stereocenters. The van der Waals surface area contributed by atoms with Crippen molar-refractivity contribution in [3.63, 3.8) is 0 Å². The molecule has 1 aromatic heterocycles. The Morgan fingerprint density at radius 2 is 2.27 bits per heavy atom. The lowest BCUT2D eigenvalue weighted by Gasteiger charge is -2.14. The second-order valence-corrected chi connectivity index (χ2v) is 4.07. The number of nitrogens with zero attached hydrogens (tertiary/aromatic N) is 1. The lowest BCUT2D eigenvalue weighted by molar-refractivity contribution is 0.400. The summed E-state index contributed by atoms with van der Waals surface area (Å²) < 4.78 is 5.07. The van der Waals surface area contributed by atoms with Crippen LogP contribution in [0, 0.1) is 5.92 Å². The molecule has 1 fully saturated rings. The van der Waals surface area contributed by atoms with Crippen LogP contribution in [0.3, 0.4) is 0 Å². The first-order valence-corrected chi connectivity index (χ1v) is 5.27. The number of aromatic nitrogens is 1. The first kappa shape index (κ1) is 10.1. The highest BCUT2D eigenvalue weighted by Crippen LogP contribution is 2.34. The van der Waals surface area contributed by atoms with Crippen LogP contribution in [0.15, 0.2) is 12.1 Å². The van der Waals surface area contributed by atoms with Crippen molar-refractivity contribution in [1.29, 1.82) is 0 Å². The average Bonchev–Trinajstić information content (AvgIpc) is 3.04. The Kier molecular flexibility index (Phi) is 2.66. The number of rotatable bonds is 4. The topological polar surface area (TPSA) is 60.2 Å².